The van der Waals surface area contributed by atoms with Gasteiger partial charge in [-0.2, -0.15) is 0 Å². The van der Waals surface area contributed by atoms with Crippen molar-refractivity contribution in [3.05, 3.63) is 35.6 Å². The molecule has 0 aliphatic carbocycles. The van der Waals surface area contributed by atoms with Crippen LogP contribution in [-0.2, 0) is 0 Å². The van der Waals surface area contributed by atoms with Crippen LogP contribution in [0.2, 0.25) is 0 Å². The average molecular weight is 291 g/mol. The molecule has 0 spiro atoms. The van der Waals surface area contributed by atoms with Crippen LogP contribution in [0.15, 0.2) is 24.3 Å². The lowest BCUT2D eigenvalue weighted by Gasteiger charge is -2.48. The van der Waals surface area contributed by atoms with Crippen molar-refractivity contribution < 1.29 is 4.39 Å². The third kappa shape index (κ3) is 3.44. The van der Waals surface area contributed by atoms with Crippen molar-refractivity contribution in [3.63, 3.8) is 0 Å². The molecule has 21 heavy (non-hydrogen) atoms. The highest BCUT2D eigenvalue weighted by Gasteiger charge is 2.33. The highest BCUT2D eigenvalue weighted by atomic mass is 19.1. The molecule has 0 saturated carbocycles. The van der Waals surface area contributed by atoms with Gasteiger partial charge < -0.3 is 5.73 Å². The molecule has 0 radical (unpaired) electrons. The maximum Gasteiger partial charge on any atom is 0.123 e. The third-order valence-electron chi connectivity index (χ3n) is 5.05. The second-order valence-electron chi connectivity index (χ2n) is 6.61. The maximum absolute atomic E-state index is 13.0. The number of piperidine rings is 1. The lowest BCUT2D eigenvalue weighted by Crippen LogP contribution is -2.59. The number of hydrogen-bond donors (Lipinski definition) is 1. The number of piperazine rings is 1. The van der Waals surface area contributed by atoms with Gasteiger partial charge in [0.25, 0.3) is 0 Å². The SMILES string of the molecule is CC1CN2CCCCC2CN1CC(N)c1ccc(F)cc1. The van der Waals surface area contributed by atoms with Gasteiger partial charge in [-0.25, -0.2) is 4.39 Å². The van der Waals surface area contributed by atoms with E-state index in [1.54, 1.807) is 0 Å². The number of nitrogens with two attached hydrogens (primary N) is 1. The summed E-state index contributed by atoms with van der Waals surface area (Å²) in [5.41, 5.74) is 7.35. The minimum atomic E-state index is -0.199. The Balaban J connectivity index is 1.62. The standard InChI is InChI=1S/C17H26FN3/c1-13-10-20-9-3-2-4-16(20)11-21(13)12-17(19)14-5-7-15(18)8-6-14/h5-8,13,16-17H,2-4,9-12,19H2,1H3. The van der Waals surface area contributed by atoms with Crippen LogP contribution in [0.5, 0.6) is 0 Å². The molecule has 2 fully saturated rings. The molecule has 2 aliphatic heterocycles. The lowest BCUT2D eigenvalue weighted by molar-refractivity contribution is 0.0125. The Morgan fingerprint density at radius 1 is 1.24 bits per heavy atom. The predicted molar refractivity (Wildman–Crippen MR) is 83.6 cm³/mol. The van der Waals surface area contributed by atoms with Gasteiger partial charge in [0, 0.05) is 37.8 Å². The molecule has 3 unspecified atom stereocenters. The zero-order chi connectivity index (χ0) is 14.8. The Labute approximate surface area is 126 Å². The molecular formula is C17H26FN3. The number of fused-ring (bicyclic) bond motifs is 1. The molecule has 4 heteroatoms. The Morgan fingerprint density at radius 2 is 2.00 bits per heavy atom. The van der Waals surface area contributed by atoms with Crippen LogP contribution in [0.1, 0.15) is 37.8 Å². The van der Waals surface area contributed by atoms with E-state index < -0.39 is 0 Å². The summed E-state index contributed by atoms with van der Waals surface area (Å²) in [5.74, 6) is -0.199. The van der Waals surface area contributed by atoms with E-state index in [2.05, 4.69) is 16.7 Å². The fraction of sp³-hybridized carbons (Fsp3) is 0.647. The molecule has 116 valence electrons. The van der Waals surface area contributed by atoms with Crippen LogP contribution < -0.4 is 5.73 Å². The summed E-state index contributed by atoms with van der Waals surface area (Å²) in [6, 6.07) is 7.82. The summed E-state index contributed by atoms with van der Waals surface area (Å²) in [4.78, 5) is 5.16. The van der Waals surface area contributed by atoms with Crippen molar-refractivity contribution in [1.29, 1.82) is 0 Å². The van der Waals surface area contributed by atoms with Crippen molar-refractivity contribution in [2.45, 2.75) is 44.3 Å². The van der Waals surface area contributed by atoms with Crippen LogP contribution >= 0.6 is 0 Å². The Kier molecular flexibility index (Phi) is 4.57. The molecular weight excluding hydrogens is 265 g/mol. The Hall–Kier alpha value is -0.970. The number of hydrogen-bond acceptors (Lipinski definition) is 3. The molecule has 0 aromatic heterocycles. The van der Waals surface area contributed by atoms with Gasteiger partial charge in [-0.05, 0) is 44.0 Å². The maximum atomic E-state index is 13.0. The Morgan fingerprint density at radius 3 is 2.76 bits per heavy atom. The molecule has 1 aromatic rings. The van der Waals surface area contributed by atoms with Gasteiger partial charge in [-0.1, -0.05) is 18.6 Å². The summed E-state index contributed by atoms with van der Waals surface area (Å²) in [6.45, 7) is 6.68. The molecule has 2 heterocycles. The minimum absolute atomic E-state index is 0.0387. The van der Waals surface area contributed by atoms with Gasteiger partial charge in [0.15, 0.2) is 0 Å². The van der Waals surface area contributed by atoms with Crippen LogP contribution in [-0.4, -0.2) is 48.1 Å². The molecule has 1 aromatic carbocycles. The normalized spacial score (nSPS) is 29.1. The molecule has 2 saturated heterocycles. The highest BCUT2D eigenvalue weighted by Crippen LogP contribution is 2.25. The fourth-order valence-electron chi connectivity index (χ4n) is 3.74. The van der Waals surface area contributed by atoms with Gasteiger partial charge in [0.1, 0.15) is 5.82 Å². The first-order chi connectivity index (χ1) is 10.1. The second kappa shape index (κ2) is 6.42. The monoisotopic (exact) mass is 291 g/mol. The van der Waals surface area contributed by atoms with Gasteiger partial charge in [-0.3, -0.25) is 9.80 Å². The van der Waals surface area contributed by atoms with Gasteiger partial charge in [0.05, 0.1) is 0 Å². The van der Waals surface area contributed by atoms with Crippen molar-refractivity contribution in [1.82, 2.24) is 9.80 Å². The Bertz CT molecular complexity index is 462. The summed E-state index contributed by atoms with van der Waals surface area (Å²) >= 11 is 0. The molecule has 2 N–H and O–H groups in total. The van der Waals surface area contributed by atoms with E-state index in [9.17, 15) is 4.39 Å². The van der Waals surface area contributed by atoms with Gasteiger partial charge in [0.2, 0.25) is 0 Å². The molecule has 0 bridgehead atoms. The van der Waals surface area contributed by atoms with E-state index in [4.69, 9.17) is 5.73 Å². The number of benzene rings is 1. The van der Waals surface area contributed by atoms with Crippen molar-refractivity contribution >= 4 is 0 Å². The highest BCUT2D eigenvalue weighted by molar-refractivity contribution is 5.20. The van der Waals surface area contributed by atoms with Gasteiger partial charge >= 0.3 is 0 Å². The minimum Gasteiger partial charge on any atom is -0.323 e. The molecule has 3 atom stereocenters. The van der Waals surface area contributed by atoms with E-state index in [0.717, 1.165) is 25.2 Å². The topological polar surface area (TPSA) is 32.5 Å². The van der Waals surface area contributed by atoms with E-state index in [1.165, 1.54) is 37.9 Å². The largest absolute Gasteiger partial charge is 0.323 e. The average Bonchev–Trinajstić information content (AvgIpc) is 2.48. The van der Waals surface area contributed by atoms with Crippen molar-refractivity contribution in [2.24, 2.45) is 5.73 Å². The molecule has 3 rings (SSSR count). The van der Waals surface area contributed by atoms with E-state index in [1.807, 2.05) is 12.1 Å². The van der Waals surface area contributed by atoms with Crippen LogP contribution in [0.3, 0.4) is 0 Å². The van der Waals surface area contributed by atoms with Crippen LogP contribution in [0.25, 0.3) is 0 Å². The van der Waals surface area contributed by atoms with Crippen molar-refractivity contribution in [2.75, 3.05) is 26.2 Å². The van der Waals surface area contributed by atoms with E-state index >= 15 is 0 Å². The fourth-order valence-corrected chi connectivity index (χ4v) is 3.74. The number of nitrogens with zero attached hydrogens (tertiary/aromatic N) is 2. The van der Waals surface area contributed by atoms with Crippen LogP contribution in [0, 0.1) is 5.82 Å². The summed E-state index contributed by atoms with van der Waals surface area (Å²) in [5, 5.41) is 0. The zero-order valence-electron chi connectivity index (χ0n) is 12.8. The smallest absolute Gasteiger partial charge is 0.123 e. The molecule has 2 aliphatic rings. The molecule has 3 nitrogen and oxygen atoms in total. The predicted octanol–water partition coefficient (Wildman–Crippen LogP) is 2.38. The summed E-state index contributed by atoms with van der Waals surface area (Å²) < 4.78 is 13.0. The summed E-state index contributed by atoms with van der Waals surface area (Å²) in [6.07, 6.45) is 4.01. The molecule has 0 amide bonds. The van der Waals surface area contributed by atoms with Gasteiger partial charge in [-0.15, -0.1) is 0 Å². The first kappa shape index (κ1) is 14.9. The summed E-state index contributed by atoms with van der Waals surface area (Å²) in [7, 11) is 0. The first-order valence-corrected chi connectivity index (χ1v) is 8.12. The number of halogens is 1. The second-order valence-corrected chi connectivity index (χ2v) is 6.61. The quantitative estimate of drug-likeness (QED) is 0.928. The van der Waals surface area contributed by atoms with Crippen molar-refractivity contribution in [3.8, 4) is 0 Å². The van der Waals surface area contributed by atoms with Crippen LogP contribution in [0.4, 0.5) is 4.39 Å². The third-order valence-corrected chi connectivity index (χ3v) is 5.05. The number of rotatable bonds is 3. The first-order valence-electron chi connectivity index (χ1n) is 8.12. The lowest BCUT2D eigenvalue weighted by atomic mass is 9.96. The zero-order valence-corrected chi connectivity index (χ0v) is 12.8. The van der Waals surface area contributed by atoms with E-state index in [0.29, 0.717) is 12.1 Å². The van der Waals surface area contributed by atoms with E-state index in [-0.39, 0.29) is 11.9 Å².